The Morgan fingerprint density at radius 3 is 2.44 bits per heavy atom. The van der Waals surface area contributed by atoms with Crippen LogP contribution in [0, 0.1) is 5.41 Å². The summed E-state index contributed by atoms with van der Waals surface area (Å²) in [5.41, 5.74) is 3.36. The zero-order valence-electron chi connectivity index (χ0n) is 19.4. The molecule has 3 aromatic rings. The van der Waals surface area contributed by atoms with E-state index >= 15 is 0 Å². The molecule has 6 heteroatoms. The summed E-state index contributed by atoms with van der Waals surface area (Å²) in [6.45, 7) is 5.59. The third-order valence-electron chi connectivity index (χ3n) is 6.44. The van der Waals surface area contributed by atoms with Gasteiger partial charge in [-0.1, -0.05) is 44.2 Å². The molecule has 1 N–H and O–H groups in total. The van der Waals surface area contributed by atoms with E-state index in [1.165, 1.54) is 6.92 Å². The lowest BCUT2D eigenvalue weighted by molar-refractivity contribution is -0.118. The molecule has 2 heterocycles. The van der Waals surface area contributed by atoms with E-state index in [4.69, 9.17) is 4.42 Å². The molecule has 0 spiro atoms. The smallest absolute Gasteiger partial charge is 0.224 e. The largest absolute Gasteiger partial charge is 0.467 e. The van der Waals surface area contributed by atoms with Crippen LogP contribution in [0.1, 0.15) is 61.3 Å². The van der Waals surface area contributed by atoms with E-state index in [1.807, 2.05) is 18.2 Å². The maximum Gasteiger partial charge on any atom is 0.224 e. The minimum Gasteiger partial charge on any atom is -0.467 e. The highest BCUT2D eigenvalue weighted by Crippen LogP contribution is 2.48. The van der Waals surface area contributed by atoms with Crippen molar-refractivity contribution in [2.75, 3.05) is 10.2 Å². The van der Waals surface area contributed by atoms with Gasteiger partial charge in [-0.2, -0.15) is 0 Å². The van der Waals surface area contributed by atoms with Gasteiger partial charge < -0.3 is 9.73 Å². The molecule has 0 unspecified atom stereocenters. The lowest BCUT2D eigenvalue weighted by Gasteiger charge is -2.35. The molecule has 1 aliphatic carbocycles. The van der Waals surface area contributed by atoms with Gasteiger partial charge in [-0.25, -0.2) is 0 Å². The van der Waals surface area contributed by atoms with Crippen LogP contribution >= 0.6 is 0 Å². The number of nitrogens with one attached hydrogen (secondary N) is 1. The molecule has 34 heavy (non-hydrogen) atoms. The molecule has 1 aromatic heterocycles. The van der Waals surface area contributed by atoms with Crippen LogP contribution in [0.2, 0.25) is 0 Å². The van der Waals surface area contributed by atoms with Crippen LogP contribution < -0.4 is 10.2 Å². The fourth-order valence-corrected chi connectivity index (χ4v) is 5.01. The Hall–Kier alpha value is -3.93. The van der Waals surface area contributed by atoms with Crippen molar-refractivity contribution in [2.24, 2.45) is 5.41 Å². The van der Waals surface area contributed by atoms with Crippen LogP contribution in [0.25, 0.3) is 0 Å². The first kappa shape index (κ1) is 21.9. The number of fused-ring (bicyclic) bond motifs is 1. The van der Waals surface area contributed by atoms with E-state index in [0.29, 0.717) is 46.7 Å². The van der Waals surface area contributed by atoms with Crippen molar-refractivity contribution in [1.29, 1.82) is 0 Å². The van der Waals surface area contributed by atoms with Crippen LogP contribution in [0.4, 0.5) is 11.4 Å². The third kappa shape index (κ3) is 3.75. The molecule has 0 saturated carbocycles. The normalized spacial score (nSPS) is 19.1. The van der Waals surface area contributed by atoms with Gasteiger partial charge in [0.15, 0.2) is 11.6 Å². The van der Waals surface area contributed by atoms with Gasteiger partial charge >= 0.3 is 0 Å². The topological polar surface area (TPSA) is 79.6 Å². The Labute approximate surface area is 198 Å². The molecule has 0 saturated heterocycles. The Morgan fingerprint density at radius 1 is 1.00 bits per heavy atom. The fraction of sp³-hybridized carbons (Fsp3) is 0.250. The number of rotatable bonds is 3. The van der Waals surface area contributed by atoms with E-state index in [1.54, 1.807) is 53.6 Å². The summed E-state index contributed by atoms with van der Waals surface area (Å²) in [7, 11) is 0. The highest BCUT2D eigenvalue weighted by Gasteiger charge is 2.43. The maximum atomic E-state index is 13.5. The molecule has 2 aromatic carbocycles. The number of nitrogens with zero attached hydrogens (tertiary/aromatic N) is 1. The van der Waals surface area contributed by atoms with E-state index in [0.717, 1.165) is 5.70 Å². The molecule has 1 amide bonds. The molecule has 0 radical (unpaired) electrons. The van der Waals surface area contributed by atoms with Crippen molar-refractivity contribution < 1.29 is 18.8 Å². The molecule has 172 valence electrons. The first-order valence-corrected chi connectivity index (χ1v) is 11.4. The van der Waals surface area contributed by atoms with Crippen molar-refractivity contribution in [3.05, 3.63) is 95.1 Å². The number of carbonyl (C=O) groups is 3. The number of allylic oxidation sites excluding steroid dienone is 1. The van der Waals surface area contributed by atoms with Crippen LogP contribution in [0.15, 0.2) is 82.6 Å². The monoisotopic (exact) mass is 454 g/mol. The molecule has 1 atom stereocenters. The number of anilines is 2. The van der Waals surface area contributed by atoms with Crippen molar-refractivity contribution in [2.45, 2.75) is 39.7 Å². The molecular formula is C28H26N2O4. The highest BCUT2D eigenvalue weighted by molar-refractivity contribution is 6.11. The second-order valence-electron chi connectivity index (χ2n) is 9.69. The number of furan rings is 1. The quantitative estimate of drug-likeness (QED) is 0.516. The van der Waals surface area contributed by atoms with E-state index < -0.39 is 6.04 Å². The average Bonchev–Trinajstić information content (AvgIpc) is 3.27. The van der Waals surface area contributed by atoms with Crippen LogP contribution in [0.3, 0.4) is 0 Å². The van der Waals surface area contributed by atoms with Crippen molar-refractivity contribution in [1.82, 2.24) is 0 Å². The summed E-state index contributed by atoms with van der Waals surface area (Å²) >= 11 is 0. The van der Waals surface area contributed by atoms with Gasteiger partial charge in [0.2, 0.25) is 5.91 Å². The Bertz CT molecular complexity index is 1320. The second-order valence-corrected chi connectivity index (χ2v) is 9.69. The van der Waals surface area contributed by atoms with E-state index in [2.05, 4.69) is 19.2 Å². The number of carbonyl (C=O) groups excluding carboxylic acids is 3. The van der Waals surface area contributed by atoms with Crippen LogP contribution in [0.5, 0.6) is 0 Å². The van der Waals surface area contributed by atoms with Gasteiger partial charge in [0.05, 0.1) is 17.6 Å². The number of hydrogen-bond acceptors (Lipinski definition) is 5. The summed E-state index contributed by atoms with van der Waals surface area (Å²) in [5, 5.41) is 3.44. The number of ketones is 2. The maximum absolute atomic E-state index is 13.5. The Balaban J connectivity index is 1.70. The first-order valence-electron chi connectivity index (χ1n) is 11.4. The van der Waals surface area contributed by atoms with Crippen molar-refractivity contribution in [3.8, 4) is 0 Å². The zero-order chi connectivity index (χ0) is 24.0. The summed E-state index contributed by atoms with van der Waals surface area (Å²) in [4.78, 5) is 41.2. The van der Waals surface area contributed by atoms with Gasteiger partial charge in [0.25, 0.3) is 0 Å². The summed E-state index contributed by atoms with van der Waals surface area (Å²) < 4.78 is 5.73. The second kappa shape index (κ2) is 8.13. The van der Waals surface area contributed by atoms with Gasteiger partial charge in [-0.05, 0) is 42.2 Å². The predicted molar refractivity (Wildman–Crippen MR) is 130 cm³/mol. The molecule has 0 bridgehead atoms. The average molecular weight is 455 g/mol. The lowest BCUT2D eigenvalue weighted by Crippen LogP contribution is -2.38. The molecular weight excluding hydrogens is 428 g/mol. The number of benzene rings is 2. The molecule has 2 aliphatic rings. The third-order valence-corrected chi connectivity index (χ3v) is 6.44. The van der Waals surface area contributed by atoms with Gasteiger partial charge in [-0.3, -0.25) is 19.3 Å². The summed E-state index contributed by atoms with van der Waals surface area (Å²) in [5.74, 6) is 0.174. The number of hydrogen-bond donors (Lipinski definition) is 1. The minimum atomic E-state index is -0.685. The zero-order valence-corrected chi connectivity index (χ0v) is 19.4. The molecule has 1 aliphatic heterocycles. The van der Waals surface area contributed by atoms with Crippen molar-refractivity contribution in [3.63, 3.8) is 0 Å². The fourth-order valence-electron chi connectivity index (χ4n) is 5.01. The van der Waals surface area contributed by atoms with Crippen LogP contribution in [-0.2, 0) is 9.59 Å². The summed E-state index contributed by atoms with van der Waals surface area (Å²) in [6.07, 6.45) is 2.56. The SMILES string of the molecule is CC(=O)N1c2ccc(C(=O)c3ccccc3)cc2NC2=C(C(=O)CC(C)(C)C2)[C@H]1c1ccco1. The lowest BCUT2D eigenvalue weighted by atomic mass is 9.74. The number of amides is 1. The van der Waals surface area contributed by atoms with Crippen LogP contribution in [-0.4, -0.2) is 17.5 Å². The molecule has 5 rings (SSSR count). The predicted octanol–water partition coefficient (Wildman–Crippen LogP) is 5.67. The molecule has 0 fully saturated rings. The Kier molecular flexibility index (Phi) is 5.24. The summed E-state index contributed by atoms with van der Waals surface area (Å²) in [6, 6.07) is 17.2. The van der Waals surface area contributed by atoms with Gasteiger partial charge in [0.1, 0.15) is 11.8 Å². The van der Waals surface area contributed by atoms with Crippen molar-refractivity contribution >= 4 is 28.8 Å². The number of Topliss-reactive ketones (excluding diaryl/α,β-unsaturated/α-hetero) is 1. The standard InChI is InChI=1S/C28H26N2O4/c1-17(31)30-22-12-11-19(27(33)18-8-5-4-6-9-18)14-20(22)29-21-15-28(2,3)16-23(32)25(21)26(30)24-10-7-13-34-24/h4-14,26,29H,15-16H2,1-3H3/t26-/m1/s1. The van der Waals surface area contributed by atoms with E-state index in [9.17, 15) is 14.4 Å². The molecule has 6 nitrogen and oxygen atoms in total. The van der Waals surface area contributed by atoms with E-state index in [-0.39, 0.29) is 22.9 Å². The highest BCUT2D eigenvalue weighted by atomic mass is 16.3. The van der Waals surface area contributed by atoms with Gasteiger partial charge in [-0.15, -0.1) is 0 Å². The van der Waals surface area contributed by atoms with Gasteiger partial charge in [0, 0.05) is 35.7 Å². The Morgan fingerprint density at radius 2 is 1.76 bits per heavy atom. The first-order chi connectivity index (χ1) is 16.2. The minimum absolute atomic E-state index is 0.0141.